The summed E-state index contributed by atoms with van der Waals surface area (Å²) >= 11 is 0. The van der Waals surface area contributed by atoms with Crippen LogP contribution in [-0.2, 0) is 0 Å². The second-order valence-electron chi connectivity index (χ2n) is 4.37. The van der Waals surface area contributed by atoms with E-state index in [0.717, 1.165) is 18.1 Å². The Morgan fingerprint density at radius 3 is 2.75 bits per heavy atom. The SMILES string of the molecule is COc1ccc(N)c(OCC2CCCC2)c1. The number of hydrogen-bond acceptors (Lipinski definition) is 3. The van der Waals surface area contributed by atoms with E-state index in [1.54, 1.807) is 7.11 Å². The summed E-state index contributed by atoms with van der Waals surface area (Å²) in [5.74, 6) is 2.23. The molecule has 1 aromatic carbocycles. The van der Waals surface area contributed by atoms with Crippen LogP contribution >= 0.6 is 0 Å². The number of benzene rings is 1. The summed E-state index contributed by atoms with van der Waals surface area (Å²) < 4.78 is 10.9. The Morgan fingerprint density at radius 2 is 2.06 bits per heavy atom. The molecule has 1 aromatic rings. The summed E-state index contributed by atoms with van der Waals surface area (Å²) in [6.45, 7) is 0.775. The first-order chi connectivity index (χ1) is 7.79. The predicted octanol–water partition coefficient (Wildman–Crippen LogP) is 2.85. The quantitative estimate of drug-likeness (QED) is 0.795. The number of nitrogens with two attached hydrogens (primary N) is 1. The Labute approximate surface area is 96.5 Å². The molecular weight excluding hydrogens is 202 g/mol. The topological polar surface area (TPSA) is 44.5 Å². The summed E-state index contributed by atoms with van der Waals surface area (Å²) in [6.07, 6.45) is 5.23. The first-order valence-electron chi connectivity index (χ1n) is 5.86. The Hall–Kier alpha value is -1.38. The summed E-state index contributed by atoms with van der Waals surface area (Å²) in [6, 6.07) is 5.52. The third-order valence-electron chi connectivity index (χ3n) is 3.17. The van der Waals surface area contributed by atoms with Gasteiger partial charge in [-0.3, -0.25) is 0 Å². The molecule has 0 heterocycles. The maximum atomic E-state index is 5.85. The van der Waals surface area contributed by atoms with Gasteiger partial charge in [0.2, 0.25) is 0 Å². The van der Waals surface area contributed by atoms with Crippen molar-refractivity contribution in [2.45, 2.75) is 25.7 Å². The molecule has 0 unspecified atom stereocenters. The van der Waals surface area contributed by atoms with E-state index in [1.807, 2.05) is 18.2 Å². The van der Waals surface area contributed by atoms with Gasteiger partial charge in [0.25, 0.3) is 0 Å². The van der Waals surface area contributed by atoms with E-state index < -0.39 is 0 Å². The minimum atomic E-state index is 0.679. The van der Waals surface area contributed by atoms with E-state index in [4.69, 9.17) is 15.2 Å². The highest BCUT2D eigenvalue weighted by atomic mass is 16.5. The van der Waals surface area contributed by atoms with Crippen molar-refractivity contribution in [2.75, 3.05) is 19.5 Å². The van der Waals surface area contributed by atoms with Gasteiger partial charge in [-0.25, -0.2) is 0 Å². The Bertz CT molecular complexity index is 346. The van der Waals surface area contributed by atoms with Crippen molar-refractivity contribution in [1.29, 1.82) is 0 Å². The van der Waals surface area contributed by atoms with Crippen LogP contribution in [0.4, 0.5) is 5.69 Å². The van der Waals surface area contributed by atoms with E-state index in [0.29, 0.717) is 11.6 Å². The molecule has 0 bridgehead atoms. The van der Waals surface area contributed by atoms with E-state index >= 15 is 0 Å². The molecule has 1 aliphatic rings. The maximum Gasteiger partial charge on any atom is 0.145 e. The summed E-state index contributed by atoms with van der Waals surface area (Å²) in [5.41, 5.74) is 6.53. The van der Waals surface area contributed by atoms with E-state index in [1.165, 1.54) is 25.7 Å². The highest BCUT2D eigenvalue weighted by Gasteiger charge is 2.16. The molecule has 2 N–H and O–H groups in total. The normalized spacial score (nSPS) is 16.3. The molecule has 0 amide bonds. The van der Waals surface area contributed by atoms with Gasteiger partial charge in [-0.2, -0.15) is 0 Å². The van der Waals surface area contributed by atoms with Crippen LogP contribution in [-0.4, -0.2) is 13.7 Å². The van der Waals surface area contributed by atoms with Crippen molar-refractivity contribution in [3.05, 3.63) is 18.2 Å². The van der Waals surface area contributed by atoms with E-state index in [9.17, 15) is 0 Å². The molecule has 1 saturated carbocycles. The lowest BCUT2D eigenvalue weighted by Gasteiger charge is -2.13. The molecule has 2 rings (SSSR count). The minimum Gasteiger partial charge on any atom is -0.497 e. The maximum absolute atomic E-state index is 5.85. The van der Waals surface area contributed by atoms with Gasteiger partial charge in [-0.1, -0.05) is 12.8 Å². The highest BCUT2D eigenvalue weighted by molar-refractivity contribution is 5.55. The lowest BCUT2D eigenvalue weighted by Crippen LogP contribution is -2.09. The zero-order chi connectivity index (χ0) is 11.4. The van der Waals surface area contributed by atoms with Gasteiger partial charge in [-0.15, -0.1) is 0 Å². The van der Waals surface area contributed by atoms with Gasteiger partial charge in [0.15, 0.2) is 0 Å². The average molecular weight is 221 g/mol. The van der Waals surface area contributed by atoms with Crippen molar-refractivity contribution in [1.82, 2.24) is 0 Å². The largest absolute Gasteiger partial charge is 0.497 e. The van der Waals surface area contributed by atoms with Crippen LogP contribution < -0.4 is 15.2 Å². The molecule has 0 spiro atoms. The van der Waals surface area contributed by atoms with Gasteiger partial charge in [0.1, 0.15) is 11.5 Å². The Morgan fingerprint density at radius 1 is 1.31 bits per heavy atom. The summed E-state index contributed by atoms with van der Waals surface area (Å²) in [4.78, 5) is 0. The zero-order valence-corrected chi connectivity index (χ0v) is 9.74. The smallest absolute Gasteiger partial charge is 0.145 e. The van der Waals surface area contributed by atoms with Crippen LogP contribution in [0.1, 0.15) is 25.7 Å². The van der Waals surface area contributed by atoms with Crippen molar-refractivity contribution in [3.63, 3.8) is 0 Å². The Kier molecular flexibility index (Phi) is 3.54. The highest BCUT2D eigenvalue weighted by Crippen LogP contribution is 2.30. The molecule has 1 aliphatic carbocycles. The molecule has 88 valence electrons. The minimum absolute atomic E-state index is 0.679. The third-order valence-corrected chi connectivity index (χ3v) is 3.17. The second kappa shape index (κ2) is 5.10. The van der Waals surface area contributed by atoms with Crippen LogP contribution in [0.3, 0.4) is 0 Å². The van der Waals surface area contributed by atoms with Crippen molar-refractivity contribution >= 4 is 5.69 Å². The molecule has 0 aliphatic heterocycles. The molecule has 3 heteroatoms. The van der Waals surface area contributed by atoms with E-state index in [-0.39, 0.29) is 0 Å². The van der Waals surface area contributed by atoms with Gasteiger partial charge < -0.3 is 15.2 Å². The van der Waals surface area contributed by atoms with Gasteiger partial charge in [-0.05, 0) is 30.9 Å². The average Bonchev–Trinajstić information content (AvgIpc) is 2.81. The summed E-state index contributed by atoms with van der Waals surface area (Å²) in [7, 11) is 1.65. The molecule has 0 radical (unpaired) electrons. The standard InChI is InChI=1S/C13H19NO2/c1-15-11-6-7-12(14)13(8-11)16-9-10-4-2-3-5-10/h6-8,10H,2-5,9,14H2,1H3. The third kappa shape index (κ3) is 2.60. The lowest BCUT2D eigenvalue weighted by atomic mass is 10.1. The van der Waals surface area contributed by atoms with Gasteiger partial charge >= 0.3 is 0 Å². The van der Waals surface area contributed by atoms with Crippen LogP contribution in [0, 0.1) is 5.92 Å². The molecule has 0 saturated heterocycles. The van der Waals surface area contributed by atoms with Gasteiger partial charge in [0.05, 0.1) is 19.4 Å². The second-order valence-corrected chi connectivity index (χ2v) is 4.37. The van der Waals surface area contributed by atoms with Crippen LogP contribution in [0.2, 0.25) is 0 Å². The van der Waals surface area contributed by atoms with Crippen LogP contribution in [0.15, 0.2) is 18.2 Å². The number of anilines is 1. The van der Waals surface area contributed by atoms with Crippen molar-refractivity contribution in [2.24, 2.45) is 5.92 Å². The number of nitrogen functional groups attached to an aromatic ring is 1. The first kappa shape index (κ1) is 11.1. The lowest BCUT2D eigenvalue weighted by molar-refractivity contribution is 0.252. The fraction of sp³-hybridized carbons (Fsp3) is 0.538. The Balaban J connectivity index is 1.96. The van der Waals surface area contributed by atoms with Crippen LogP contribution in [0.5, 0.6) is 11.5 Å². The molecule has 16 heavy (non-hydrogen) atoms. The van der Waals surface area contributed by atoms with E-state index in [2.05, 4.69) is 0 Å². The molecular formula is C13H19NO2. The van der Waals surface area contributed by atoms with Crippen molar-refractivity contribution in [3.8, 4) is 11.5 Å². The molecule has 1 fully saturated rings. The molecule has 0 atom stereocenters. The molecule has 3 nitrogen and oxygen atoms in total. The van der Waals surface area contributed by atoms with Crippen LogP contribution in [0.25, 0.3) is 0 Å². The zero-order valence-electron chi connectivity index (χ0n) is 9.74. The molecule has 0 aromatic heterocycles. The monoisotopic (exact) mass is 221 g/mol. The predicted molar refractivity (Wildman–Crippen MR) is 64.9 cm³/mol. The number of rotatable bonds is 4. The number of ether oxygens (including phenoxy) is 2. The fourth-order valence-electron chi connectivity index (χ4n) is 2.15. The first-order valence-corrected chi connectivity index (χ1v) is 5.86. The summed E-state index contributed by atoms with van der Waals surface area (Å²) in [5, 5.41) is 0. The number of hydrogen-bond donors (Lipinski definition) is 1. The fourth-order valence-corrected chi connectivity index (χ4v) is 2.15. The van der Waals surface area contributed by atoms with Crippen molar-refractivity contribution < 1.29 is 9.47 Å². The number of methoxy groups -OCH3 is 1. The van der Waals surface area contributed by atoms with Gasteiger partial charge in [0, 0.05) is 6.07 Å².